The van der Waals surface area contributed by atoms with Crippen molar-refractivity contribution in [3.8, 4) is 17.9 Å². The molecule has 0 atom stereocenters. The van der Waals surface area contributed by atoms with Crippen molar-refractivity contribution < 1.29 is 4.39 Å². The zero-order chi connectivity index (χ0) is 8.97. The number of nitrogens with zero attached hydrogens (tertiary/aromatic N) is 2. The SMILES string of the molecule is N#CC#Cc1cnc(F)c(Cl)c1. The van der Waals surface area contributed by atoms with E-state index in [1.165, 1.54) is 12.3 Å². The average molecular weight is 181 g/mol. The Kier molecular flexibility index (Phi) is 2.63. The molecule has 2 nitrogen and oxygen atoms in total. The zero-order valence-corrected chi connectivity index (χ0v) is 6.56. The number of hydrogen-bond acceptors (Lipinski definition) is 2. The van der Waals surface area contributed by atoms with E-state index >= 15 is 0 Å². The van der Waals surface area contributed by atoms with Crippen molar-refractivity contribution >= 4 is 11.6 Å². The first-order valence-electron chi connectivity index (χ1n) is 2.95. The smallest absolute Gasteiger partial charge is 0.226 e. The molecular weight excluding hydrogens is 179 g/mol. The molecule has 0 unspecified atom stereocenters. The van der Waals surface area contributed by atoms with Crippen molar-refractivity contribution in [2.24, 2.45) is 0 Å². The lowest BCUT2D eigenvalue weighted by Gasteiger charge is -1.91. The summed E-state index contributed by atoms with van der Waals surface area (Å²) in [6.07, 6.45) is 1.21. The molecule has 58 valence electrons. The van der Waals surface area contributed by atoms with Crippen LogP contribution in [-0.2, 0) is 0 Å². The summed E-state index contributed by atoms with van der Waals surface area (Å²) in [7, 11) is 0. The van der Waals surface area contributed by atoms with Crippen LogP contribution >= 0.6 is 11.6 Å². The van der Waals surface area contributed by atoms with Gasteiger partial charge >= 0.3 is 0 Å². The maximum atomic E-state index is 12.5. The van der Waals surface area contributed by atoms with Crippen molar-refractivity contribution in [2.75, 3.05) is 0 Å². The molecule has 4 heteroatoms. The molecule has 0 saturated heterocycles. The van der Waals surface area contributed by atoms with Crippen molar-refractivity contribution in [2.45, 2.75) is 0 Å². The second-order valence-electron chi connectivity index (χ2n) is 1.86. The van der Waals surface area contributed by atoms with Gasteiger partial charge in [-0.15, -0.1) is 0 Å². The van der Waals surface area contributed by atoms with Gasteiger partial charge in [0, 0.05) is 17.7 Å². The molecule has 0 saturated carbocycles. The largest absolute Gasteiger partial charge is 0.231 e. The fourth-order valence-electron chi connectivity index (χ4n) is 0.590. The Morgan fingerprint density at radius 2 is 2.33 bits per heavy atom. The van der Waals surface area contributed by atoms with E-state index in [1.807, 2.05) is 0 Å². The van der Waals surface area contributed by atoms with Crippen LogP contribution in [-0.4, -0.2) is 4.98 Å². The van der Waals surface area contributed by atoms with E-state index in [1.54, 1.807) is 6.07 Å². The van der Waals surface area contributed by atoms with Gasteiger partial charge in [0.05, 0.1) is 5.02 Å². The van der Waals surface area contributed by atoms with Crippen LogP contribution in [0.4, 0.5) is 4.39 Å². The topological polar surface area (TPSA) is 36.7 Å². The summed E-state index contributed by atoms with van der Waals surface area (Å²) in [6.45, 7) is 0. The van der Waals surface area contributed by atoms with Gasteiger partial charge in [-0.1, -0.05) is 11.6 Å². The van der Waals surface area contributed by atoms with Crippen molar-refractivity contribution in [1.82, 2.24) is 4.98 Å². The number of rotatable bonds is 0. The first-order valence-corrected chi connectivity index (χ1v) is 3.33. The highest BCUT2D eigenvalue weighted by Gasteiger charge is 1.99. The van der Waals surface area contributed by atoms with E-state index in [0.717, 1.165) is 0 Å². The van der Waals surface area contributed by atoms with Crippen molar-refractivity contribution in [3.05, 3.63) is 28.8 Å². The Hall–Kier alpha value is -1.58. The van der Waals surface area contributed by atoms with E-state index in [4.69, 9.17) is 16.9 Å². The van der Waals surface area contributed by atoms with Crippen LogP contribution in [0, 0.1) is 29.1 Å². The zero-order valence-electron chi connectivity index (χ0n) is 5.81. The summed E-state index contributed by atoms with van der Waals surface area (Å²) < 4.78 is 12.5. The summed E-state index contributed by atoms with van der Waals surface area (Å²) >= 11 is 5.40. The third-order valence-electron chi connectivity index (χ3n) is 1.06. The first-order chi connectivity index (χ1) is 5.74. The van der Waals surface area contributed by atoms with Crippen LogP contribution in [0.2, 0.25) is 5.02 Å². The molecule has 0 aliphatic carbocycles. The van der Waals surface area contributed by atoms with Gasteiger partial charge in [0.25, 0.3) is 0 Å². The van der Waals surface area contributed by atoms with Gasteiger partial charge in [-0.2, -0.15) is 9.65 Å². The molecule has 0 amide bonds. The third-order valence-corrected chi connectivity index (χ3v) is 1.32. The van der Waals surface area contributed by atoms with Crippen molar-refractivity contribution in [1.29, 1.82) is 5.26 Å². The summed E-state index contributed by atoms with van der Waals surface area (Å²) in [5, 5.41) is 8.00. The van der Waals surface area contributed by atoms with Crippen LogP contribution < -0.4 is 0 Å². The summed E-state index contributed by atoms with van der Waals surface area (Å²) in [6, 6.07) is 2.94. The fourth-order valence-corrected chi connectivity index (χ4v) is 0.756. The van der Waals surface area contributed by atoms with Gasteiger partial charge < -0.3 is 0 Å². The van der Waals surface area contributed by atoms with Crippen LogP contribution in [0.1, 0.15) is 5.56 Å². The molecule has 0 aromatic carbocycles. The minimum atomic E-state index is -0.737. The normalized spacial score (nSPS) is 8.08. The average Bonchev–Trinajstić information content (AvgIpc) is 2.07. The summed E-state index contributed by atoms with van der Waals surface area (Å²) in [5.41, 5.74) is 0.419. The van der Waals surface area contributed by atoms with Crippen LogP contribution in [0.3, 0.4) is 0 Å². The van der Waals surface area contributed by atoms with Gasteiger partial charge in [-0.3, -0.25) is 0 Å². The lowest BCUT2D eigenvalue weighted by atomic mass is 10.3. The standard InChI is InChI=1S/C8H2ClFN2/c9-7-4-6(2-1-3-11)5-12-8(7)10/h4-5H. The molecule has 1 rings (SSSR count). The lowest BCUT2D eigenvalue weighted by Crippen LogP contribution is -1.85. The monoisotopic (exact) mass is 180 g/mol. The lowest BCUT2D eigenvalue weighted by molar-refractivity contribution is 0.584. The molecule has 1 heterocycles. The maximum Gasteiger partial charge on any atom is 0.231 e. The molecule has 0 spiro atoms. The van der Waals surface area contributed by atoms with E-state index < -0.39 is 5.95 Å². The fraction of sp³-hybridized carbons (Fsp3) is 0. The molecule has 0 aliphatic heterocycles. The number of hydrogen-bond donors (Lipinski definition) is 0. The third kappa shape index (κ3) is 1.95. The van der Waals surface area contributed by atoms with Gasteiger partial charge in [0.15, 0.2) is 6.07 Å². The quantitative estimate of drug-likeness (QED) is 0.451. The predicted octanol–water partition coefficient (Wildman–Crippen LogP) is 1.75. The molecule has 0 radical (unpaired) electrons. The molecule has 0 N–H and O–H groups in total. The van der Waals surface area contributed by atoms with Gasteiger partial charge in [-0.25, -0.2) is 4.98 Å². The molecule has 1 aromatic rings. The van der Waals surface area contributed by atoms with E-state index in [9.17, 15) is 4.39 Å². The van der Waals surface area contributed by atoms with E-state index in [-0.39, 0.29) is 5.02 Å². The van der Waals surface area contributed by atoms with E-state index in [0.29, 0.717) is 5.56 Å². The van der Waals surface area contributed by atoms with E-state index in [2.05, 4.69) is 16.8 Å². The van der Waals surface area contributed by atoms with Crippen LogP contribution in [0.25, 0.3) is 0 Å². The van der Waals surface area contributed by atoms with Crippen molar-refractivity contribution in [3.63, 3.8) is 0 Å². The number of pyridine rings is 1. The molecule has 0 bridgehead atoms. The Balaban J connectivity index is 3.07. The van der Waals surface area contributed by atoms with Gasteiger partial charge in [0.2, 0.25) is 5.95 Å². The Labute approximate surface area is 73.6 Å². The highest BCUT2D eigenvalue weighted by Crippen LogP contribution is 2.12. The molecular formula is C8H2ClFN2. The second kappa shape index (κ2) is 3.71. The van der Waals surface area contributed by atoms with Gasteiger partial charge in [-0.05, 0) is 12.0 Å². The number of aromatic nitrogens is 1. The predicted molar refractivity (Wildman–Crippen MR) is 41.7 cm³/mol. The number of nitriles is 1. The minimum Gasteiger partial charge on any atom is -0.226 e. The maximum absolute atomic E-state index is 12.5. The Morgan fingerprint density at radius 1 is 1.58 bits per heavy atom. The first kappa shape index (κ1) is 8.52. The Morgan fingerprint density at radius 3 is 2.92 bits per heavy atom. The molecule has 12 heavy (non-hydrogen) atoms. The minimum absolute atomic E-state index is 0.0975. The molecule has 0 fully saturated rings. The highest BCUT2D eigenvalue weighted by atomic mass is 35.5. The molecule has 1 aromatic heterocycles. The summed E-state index contributed by atoms with van der Waals surface area (Å²) in [4.78, 5) is 3.32. The Bertz CT molecular complexity index is 398. The number of halogens is 2. The van der Waals surface area contributed by atoms with Crippen LogP contribution in [0.15, 0.2) is 12.3 Å². The summed E-state index contributed by atoms with van der Waals surface area (Å²) in [5.74, 6) is 3.85. The highest BCUT2D eigenvalue weighted by molar-refractivity contribution is 6.30. The van der Waals surface area contributed by atoms with Gasteiger partial charge in [0.1, 0.15) is 0 Å². The molecule has 0 aliphatic rings. The second-order valence-corrected chi connectivity index (χ2v) is 2.27. The van der Waals surface area contributed by atoms with Crippen LogP contribution in [0.5, 0.6) is 0 Å².